The zero-order chi connectivity index (χ0) is 19.4. The molecule has 3 rings (SSSR count). The van der Waals surface area contributed by atoms with Crippen LogP contribution < -0.4 is 4.74 Å². The minimum Gasteiger partial charge on any atom is -0.494 e. The fourth-order valence-corrected chi connectivity index (χ4v) is 3.63. The van der Waals surface area contributed by atoms with E-state index in [2.05, 4.69) is 0 Å². The van der Waals surface area contributed by atoms with Crippen LogP contribution >= 0.6 is 0 Å². The zero-order valence-corrected chi connectivity index (χ0v) is 15.2. The van der Waals surface area contributed by atoms with Crippen molar-refractivity contribution < 1.29 is 23.8 Å². The summed E-state index contributed by atoms with van der Waals surface area (Å²) in [6.45, 7) is 0.720. The number of piperidine rings is 1. The van der Waals surface area contributed by atoms with Crippen LogP contribution in [0, 0.1) is 5.82 Å². The number of ether oxygens (including phenoxy) is 1. The standard InChI is InChI=1S/C21H22FNO4/c1-27-18-8-7-15(13-17(18)22)14-19(24)23-11-9-21(10-12-23,20(25)26)16-5-3-2-4-6-16/h2-8,13H,9-12,14H2,1H3,(H,25,26). The van der Waals surface area contributed by atoms with Crippen molar-refractivity contribution in [2.75, 3.05) is 20.2 Å². The number of carboxylic acid groups (broad SMARTS) is 1. The summed E-state index contributed by atoms with van der Waals surface area (Å²) in [4.78, 5) is 26.2. The molecule has 6 heteroatoms. The molecule has 27 heavy (non-hydrogen) atoms. The van der Waals surface area contributed by atoms with Crippen LogP contribution in [0.25, 0.3) is 0 Å². The number of carbonyl (C=O) groups is 2. The number of aliphatic carboxylic acids is 1. The summed E-state index contributed by atoms with van der Waals surface area (Å²) in [7, 11) is 1.39. The van der Waals surface area contributed by atoms with Crippen molar-refractivity contribution in [1.29, 1.82) is 0 Å². The third-order valence-corrected chi connectivity index (χ3v) is 5.28. The minimum atomic E-state index is -0.968. The van der Waals surface area contributed by atoms with E-state index in [1.807, 2.05) is 30.3 Å². The quantitative estimate of drug-likeness (QED) is 0.877. The lowest BCUT2D eigenvalue weighted by Crippen LogP contribution is -2.49. The third-order valence-electron chi connectivity index (χ3n) is 5.28. The first-order chi connectivity index (χ1) is 13.0. The molecule has 0 radical (unpaired) electrons. The lowest BCUT2D eigenvalue weighted by Gasteiger charge is -2.39. The summed E-state index contributed by atoms with van der Waals surface area (Å²) in [5.41, 5.74) is 0.364. The van der Waals surface area contributed by atoms with Gasteiger partial charge in [0.25, 0.3) is 0 Å². The van der Waals surface area contributed by atoms with E-state index in [0.29, 0.717) is 31.5 Å². The summed E-state index contributed by atoms with van der Waals surface area (Å²) in [5, 5.41) is 9.83. The molecule has 0 bridgehead atoms. The Hall–Kier alpha value is -2.89. The van der Waals surface area contributed by atoms with Crippen LogP contribution in [0.4, 0.5) is 4.39 Å². The molecule has 5 nitrogen and oxygen atoms in total. The number of rotatable bonds is 5. The average molecular weight is 371 g/mol. The molecular weight excluding hydrogens is 349 g/mol. The Bertz CT molecular complexity index is 829. The molecule has 0 atom stereocenters. The molecule has 2 aromatic rings. The Labute approximate surface area is 157 Å². The highest BCUT2D eigenvalue weighted by Gasteiger charge is 2.43. The highest BCUT2D eigenvalue weighted by molar-refractivity contribution is 5.83. The number of amides is 1. The van der Waals surface area contributed by atoms with Crippen molar-refractivity contribution in [3.8, 4) is 5.75 Å². The number of methoxy groups -OCH3 is 1. The van der Waals surface area contributed by atoms with Crippen LogP contribution in [0.5, 0.6) is 5.75 Å². The third kappa shape index (κ3) is 3.79. The van der Waals surface area contributed by atoms with Gasteiger partial charge in [-0.2, -0.15) is 0 Å². The van der Waals surface area contributed by atoms with Crippen LogP contribution in [-0.2, 0) is 21.4 Å². The lowest BCUT2D eigenvalue weighted by atomic mass is 9.73. The van der Waals surface area contributed by atoms with Gasteiger partial charge in [-0.25, -0.2) is 4.39 Å². The van der Waals surface area contributed by atoms with Crippen LogP contribution in [0.15, 0.2) is 48.5 Å². The summed E-state index contributed by atoms with van der Waals surface area (Å²) < 4.78 is 18.7. The van der Waals surface area contributed by atoms with E-state index in [-0.39, 0.29) is 18.1 Å². The smallest absolute Gasteiger partial charge is 0.314 e. The Morgan fingerprint density at radius 2 is 1.81 bits per heavy atom. The van der Waals surface area contributed by atoms with E-state index in [1.165, 1.54) is 19.2 Å². The predicted octanol–water partition coefficient (Wildman–Crippen LogP) is 3.02. The molecule has 0 aliphatic carbocycles. The van der Waals surface area contributed by atoms with Gasteiger partial charge < -0.3 is 14.7 Å². The maximum atomic E-state index is 13.8. The SMILES string of the molecule is COc1ccc(CC(=O)N2CCC(C(=O)O)(c3ccccc3)CC2)cc1F. The van der Waals surface area contributed by atoms with E-state index in [9.17, 15) is 19.1 Å². The van der Waals surface area contributed by atoms with Gasteiger partial charge >= 0.3 is 5.97 Å². The normalized spacial score (nSPS) is 16.0. The van der Waals surface area contributed by atoms with Crippen LogP contribution in [-0.4, -0.2) is 42.1 Å². The predicted molar refractivity (Wildman–Crippen MR) is 98.2 cm³/mol. The van der Waals surface area contributed by atoms with Crippen molar-refractivity contribution in [3.05, 3.63) is 65.5 Å². The second-order valence-corrected chi connectivity index (χ2v) is 6.78. The van der Waals surface area contributed by atoms with Gasteiger partial charge in [0.2, 0.25) is 5.91 Å². The molecule has 2 aromatic carbocycles. The lowest BCUT2D eigenvalue weighted by molar-refractivity contribution is -0.148. The number of carbonyl (C=O) groups excluding carboxylic acids is 1. The van der Waals surface area contributed by atoms with E-state index < -0.39 is 17.2 Å². The van der Waals surface area contributed by atoms with Crippen molar-refractivity contribution in [2.24, 2.45) is 0 Å². The second-order valence-electron chi connectivity index (χ2n) is 6.78. The highest BCUT2D eigenvalue weighted by Crippen LogP contribution is 2.36. The maximum Gasteiger partial charge on any atom is 0.314 e. The largest absolute Gasteiger partial charge is 0.494 e. The molecule has 0 unspecified atom stereocenters. The van der Waals surface area contributed by atoms with Crippen LogP contribution in [0.2, 0.25) is 0 Å². The van der Waals surface area contributed by atoms with E-state index in [4.69, 9.17) is 4.74 Å². The monoisotopic (exact) mass is 371 g/mol. The summed E-state index contributed by atoms with van der Waals surface area (Å²) in [6, 6.07) is 13.6. The van der Waals surface area contributed by atoms with Crippen molar-refractivity contribution in [3.63, 3.8) is 0 Å². The molecule has 0 saturated carbocycles. The minimum absolute atomic E-state index is 0.0757. The first-order valence-corrected chi connectivity index (χ1v) is 8.85. The molecule has 1 heterocycles. The first-order valence-electron chi connectivity index (χ1n) is 8.85. The fourth-order valence-electron chi connectivity index (χ4n) is 3.63. The first kappa shape index (κ1) is 18.9. The van der Waals surface area contributed by atoms with Crippen molar-refractivity contribution >= 4 is 11.9 Å². The van der Waals surface area contributed by atoms with Crippen molar-refractivity contribution in [2.45, 2.75) is 24.7 Å². The fraction of sp³-hybridized carbons (Fsp3) is 0.333. The Morgan fingerprint density at radius 3 is 2.37 bits per heavy atom. The molecule has 142 valence electrons. The number of nitrogens with zero attached hydrogens (tertiary/aromatic N) is 1. The molecule has 1 saturated heterocycles. The van der Waals surface area contributed by atoms with Gasteiger partial charge in [-0.15, -0.1) is 0 Å². The van der Waals surface area contributed by atoms with Gasteiger partial charge in [0, 0.05) is 13.1 Å². The molecular formula is C21H22FNO4. The number of carboxylic acids is 1. The van der Waals surface area contributed by atoms with Crippen LogP contribution in [0.3, 0.4) is 0 Å². The molecule has 0 aromatic heterocycles. The summed E-state index contributed by atoms with van der Waals surface area (Å²) in [6.07, 6.45) is 0.788. The van der Waals surface area contributed by atoms with Gasteiger partial charge in [0.15, 0.2) is 11.6 Å². The maximum absolute atomic E-state index is 13.8. The molecule has 1 N–H and O–H groups in total. The Kier molecular flexibility index (Phi) is 5.44. The van der Waals surface area contributed by atoms with E-state index >= 15 is 0 Å². The molecule has 1 amide bonds. The summed E-state index contributed by atoms with van der Waals surface area (Å²) in [5.74, 6) is -1.36. The Balaban J connectivity index is 1.68. The summed E-state index contributed by atoms with van der Waals surface area (Å²) >= 11 is 0. The van der Waals surface area contributed by atoms with Crippen LogP contribution in [0.1, 0.15) is 24.0 Å². The van der Waals surface area contributed by atoms with Gasteiger partial charge in [0.05, 0.1) is 18.9 Å². The number of halogens is 1. The van der Waals surface area contributed by atoms with Gasteiger partial charge in [0.1, 0.15) is 0 Å². The van der Waals surface area contributed by atoms with Gasteiger partial charge in [-0.1, -0.05) is 36.4 Å². The number of benzene rings is 2. The number of hydrogen-bond acceptors (Lipinski definition) is 3. The van der Waals surface area contributed by atoms with E-state index in [1.54, 1.807) is 11.0 Å². The van der Waals surface area contributed by atoms with E-state index in [0.717, 1.165) is 5.56 Å². The molecule has 0 spiro atoms. The van der Waals surface area contributed by atoms with Gasteiger partial charge in [-0.05, 0) is 36.1 Å². The average Bonchev–Trinajstić information content (AvgIpc) is 2.68. The highest BCUT2D eigenvalue weighted by atomic mass is 19.1. The Morgan fingerprint density at radius 1 is 1.15 bits per heavy atom. The molecule has 1 fully saturated rings. The molecule has 1 aliphatic rings. The van der Waals surface area contributed by atoms with Gasteiger partial charge in [-0.3, -0.25) is 9.59 Å². The second kappa shape index (κ2) is 7.78. The number of hydrogen-bond donors (Lipinski definition) is 1. The topological polar surface area (TPSA) is 66.8 Å². The molecule has 1 aliphatic heterocycles. The van der Waals surface area contributed by atoms with Crippen molar-refractivity contribution in [1.82, 2.24) is 4.90 Å². The number of likely N-dealkylation sites (tertiary alicyclic amines) is 1. The zero-order valence-electron chi connectivity index (χ0n) is 15.2.